The van der Waals surface area contributed by atoms with Gasteiger partial charge in [0.15, 0.2) is 0 Å². The van der Waals surface area contributed by atoms with Gasteiger partial charge in [-0.1, -0.05) is 31.9 Å². The van der Waals surface area contributed by atoms with Crippen molar-refractivity contribution in [1.82, 2.24) is 5.32 Å². The van der Waals surface area contributed by atoms with E-state index in [1.54, 1.807) is 0 Å². The van der Waals surface area contributed by atoms with Gasteiger partial charge >= 0.3 is 0 Å². The maximum Gasteiger partial charge on any atom is 0.0275 e. The highest BCUT2D eigenvalue weighted by Gasteiger charge is 2.09. The lowest BCUT2D eigenvalue weighted by atomic mass is 9.98. The lowest BCUT2D eigenvalue weighted by Crippen LogP contribution is -2.29. The molecule has 0 spiro atoms. The van der Waals surface area contributed by atoms with Gasteiger partial charge in [0.1, 0.15) is 0 Å². The second-order valence-corrected chi connectivity index (χ2v) is 3.44. The first-order chi connectivity index (χ1) is 5.11. The Hall–Kier alpha value is -0.300. The van der Waals surface area contributed by atoms with Gasteiger partial charge in [-0.15, -0.1) is 0 Å². The standard InChI is InChI=1S/C10H21N/c1-6-9(4)10(11-5)7-8(2)3/h7,9-11H,6H2,1-5H3. The molecule has 0 aromatic heterocycles. The van der Waals surface area contributed by atoms with Gasteiger partial charge in [-0.25, -0.2) is 0 Å². The van der Waals surface area contributed by atoms with E-state index in [1.807, 2.05) is 7.05 Å². The van der Waals surface area contributed by atoms with Crippen molar-refractivity contribution >= 4 is 0 Å². The molecule has 0 aliphatic heterocycles. The highest BCUT2D eigenvalue weighted by molar-refractivity contribution is 5.02. The molecule has 66 valence electrons. The van der Waals surface area contributed by atoms with Crippen LogP contribution in [-0.4, -0.2) is 13.1 Å². The van der Waals surface area contributed by atoms with Crippen LogP contribution in [0, 0.1) is 5.92 Å². The van der Waals surface area contributed by atoms with E-state index in [0.717, 1.165) is 5.92 Å². The van der Waals surface area contributed by atoms with Crippen LogP contribution < -0.4 is 5.32 Å². The van der Waals surface area contributed by atoms with Crippen LogP contribution in [0.4, 0.5) is 0 Å². The first kappa shape index (κ1) is 10.7. The summed E-state index contributed by atoms with van der Waals surface area (Å²) < 4.78 is 0. The highest BCUT2D eigenvalue weighted by Crippen LogP contribution is 2.09. The Morgan fingerprint density at radius 1 is 1.45 bits per heavy atom. The SMILES string of the molecule is CCC(C)C(C=C(C)C)NC. The highest BCUT2D eigenvalue weighted by atomic mass is 14.9. The van der Waals surface area contributed by atoms with Crippen molar-refractivity contribution in [2.45, 2.75) is 40.2 Å². The average molecular weight is 155 g/mol. The van der Waals surface area contributed by atoms with E-state index < -0.39 is 0 Å². The molecule has 0 rings (SSSR count). The van der Waals surface area contributed by atoms with E-state index in [4.69, 9.17) is 0 Å². The van der Waals surface area contributed by atoms with Crippen LogP contribution in [0.5, 0.6) is 0 Å². The predicted octanol–water partition coefficient (Wildman–Crippen LogP) is 2.59. The Bertz CT molecular complexity index is 123. The maximum absolute atomic E-state index is 3.31. The molecular formula is C10H21N. The normalized spacial score (nSPS) is 15.7. The number of allylic oxidation sites excluding steroid dienone is 1. The minimum atomic E-state index is 0.546. The summed E-state index contributed by atoms with van der Waals surface area (Å²) in [4.78, 5) is 0. The molecule has 0 aliphatic rings. The summed E-state index contributed by atoms with van der Waals surface area (Å²) in [5.41, 5.74) is 1.39. The summed E-state index contributed by atoms with van der Waals surface area (Å²) in [6, 6.07) is 0.546. The Balaban J connectivity index is 4.05. The largest absolute Gasteiger partial charge is 0.313 e. The van der Waals surface area contributed by atoms with Crippen molar-refractivity contribution in [3.05, 3.63) is 11.6 Å². The fourth-order valence-electron chi connectivity index (χ4n) is 1.15. The van der Waals surface area contributed by atoms with E-state index in [1.165, 1.54) is 12.0 Å². The monoisotopic (exact) mass is 155 g/mol. The first-order valence-corrected chi connectivity index (χ1v) is 4.44. The average Bonchev–Trinajstić information content (AvgIpc) is 1.98. The molecule has 0 aromatic carbocycles. The van der Waals surface area contributed by atoms with Crippen LogP contribution in [0.3, 0.4) is 0 Å². The molecule has 0 saturated carbocycles. The topological polar surface area (TPSA) is 12.0 Å². The zero-order chi connectivity index (χ0) is 8.85. The second kappa shape index (κ2) is 5.36. The molecule has 1 nitrogen and oxygen atoms in total. The zero-order valence-electron chi connectivity index (χ0n) is 8.44. The molecule has 1 N–H and O–H groups in total. The molecule has 0 aliphatic carbocycles. The molecule has 0 aromatic rings. The van der Waals surface area contributed by atoms with Crippen LogP contribution in [0.25, 0.3) is 0 Å². The van der Waals surface area contributed by atoms with Gasteiger partial charge in [-0.3, -0.25) is 0 Å². The number of rotatable bonds is 4. The lowest BCUT2D eigenvalue weighted by Gasteiger charge is -2.19. The fraction of sp³-hybridized carbons (Fsp3) is 0.800. The van der Waals surface area contributed by atoms with Gasteiger partial charge in [-0.05, 0) is 26.8 Å². The van der Waals surface area contributed by atoms with Crippen LogP contribution in [0.15, 0.2) is 11.6 Å². The first-order valence-electron chi connectivity index (χ1n) is 4.44. The minimum absolute atomic E-state index is 0.546. The van der Waals surface area contributed by atoms with Gasteiger partial charge in [0, 0.05) is 6.04 Å². The Morgan fingerprint density at radius 2 is 2.00 bits per heavy atom. The summed E-state index contributed by atoms with van der Waals surface area (Å²) >= 11 is 0. The smallest absolute Gasteiger partial charge is 0.0275 e. The van der Waals surface area contributed by atoms with Crippen molar-refractivity contribution in [1.29, 1.82) is 0 Å². The van der Waals surface area contributed by atoms with Crippen LogP contribution in [0.2, 0.25) is 0 Å². The van der Waals surface area contributed by atoms with Gasteiger partial charge in [-0.2, -0.15) is 0 Å². The fourth-order valence-corrected chi connectivity index (χ4v) is 1.15. The van der Waals surface area contributed by atoms with Crippen molar-refractivity contribution in [3.63, 3.8) is 0 Å². The van der Waals surface area contributed by atoms with Gasteiger partial charge in [0.2, 0.25) is 0 Å². The zero-order valence-corrected chi connectivity index (χ0v) is 8.44. The third kappa shape index (κ3) is 4.20. The summed E-state index contributed by atoms with van der Waals surface area (Å²) in [7, 11) is 2.02. The molecule has 0 heterocycles. The summed E-state index contributed by atoms with van der Waals surface area (Å²) in [6.07, 6.45) is 3.53. The Morgan fingerprint density at radius 3 is 2.27 bits per heavy atom. The molecule has 0 amide bonds. The van der Waals surface area contributed by atoms with E-state index in [0.29, 0.717) is 6.04 Å². The lowest BCUT2D eigenvalue weighted by molar-refractivity contribution is 0.447. The summed E-state index contributed by atoms with van der Waals surface area (Å²) in [5.74, 6) is 0.731. The van der Waals surface area contributed by atoms with Crippen molar-refractivity contribution < 1.29 is 0 Å². The number of nitrogens with one attached hydrogen (secondary N) is 1. The molecule has 1 heteroatoms. The predicted molar refractivity (Wildman–Crippen MR) is 51.7 cm³/mol. The van der Waals surface area contributed by atoms with E-state index in [2.05, 4.69) is 39.1 Å². The van der Waals surface area contributed by atoms with E-state index in [9.17, 15) is 0 Å². The quantitative estimate of drug-likeness (QED) is 0.615. The third-order valence-corrected chi connectivity index (χ3v) is 2.10. The number of hydrogen-bond acceptors (Lipinski definition) is 1. The summed E-state index contributed by atoms with van der Waals surface area (Å²) in [5, 5.41) is 3.31. The van der Waals surface area contributed by atoms with Gasteiger partial charge < -0.3 is 5.32 Å². The Kier molecular flexibility index (Phi) is 5.22. The Labute approximate surface area is 70.9 Å². The van der Waals surface area contributed by atoms with Crippen molar-refractivity contribution in [2.75, 3.05) is 7.05 Å². The molecular weight excluding hydrogens is 134 g/mol. The second-order valence-electron chi connectivity index (χ2n) is 3.44. The van der Waals surface area contributed by atoms with Gasteiger partial charge in [0.25, 0.3) is 0 Å². The van der Waals surface area contributed by atoms with Crippen LogP contribution in [0.1, 0.15) is 34.1 Å². The van der Waals surface area contributed by atoms with Crippen molar-refractivity contribution in [2.24, 2.45) is 5.92 Å². The molecule has 0 saturated heterocycles. The van der Waals surface area contributed by atoms with Crippen molar-refractivity contribution in [3.8, 4) is 0 Å². The molecule has 11 heavy (non-hydrogen) atoms. The molecule has 2 atom stereocenters. The van der Waals surface area contributed by atoms with Crippen LogP contribution >= 0.6 is 0 Å². The molecule has 0 radical (unpaired) electrons. The molecule has 0 bridgehead atoms. The van der Waals surface area contributed by atoms with E-state index in [-0.39, 0.29) is 0 Å². The number of likely N-dealkylation sites (N-methyl/N-ethyl adjacent to an activating group) is 1. The third-order valence-electron chi connectivity index (χ3n) is 2.10. The van der Waals surface area contributed by atoms with E-state index >= 15 is 0 Å². The molecule has 0 fully saturated rings. The summed E-state index contributed by atoms with van der Waals surface area (Å²) in [6.45, 7) is 8.80. The number of hydrogen-bond donors (Lipinski definition) is 1. The minimum Gasteiger partial charge on any atom is -0.313 e. The maximum atomic E-state index is 3.31. The van der Waals surface area contributed by atoms with Crippen LogP contribution in [-0.2, 0) is 0 Å². The molecule has 2 unspecified atom stereocenters. The van der Waals surface area contributed by atoms with Gasteiger partial charge in [0.05, 0.1) is 0 Å².